The average Bonchev–Trinajstić information content (AvgIpc) is 3.31. The second-order valence-corrected chi connectivity index (χ2v) is 9.79. The Bertz CT molecular complexity index is 1510. The fourth-order valence-corrected chi connectivity index (χ4v) is 4.72. The molecule has 0 unspecified atom stereocenters. The van der Waals surface area contributed by atoms with Crippen LogP contribution in [0.1, 0.15) is 27.0 Å². The number of hydrogen-bond donors (Lipinski definition) is 1. The van der Waals surface area contributed by atoms with E-state index in [4.69, 9.17) is 9.15 Å². The second kappa shape index (κ2) is 10.7. The molecule has 1 aliphatic rings. The number of morpholine rings is 1. The maximum absolute atomic E-state index is 14.1. The minimum Gasteiger partial charge on any atom is -0.423 e. The number of amides is 1. The first-order valence-electron chi connectivity index (χ1n) is 12.6. The Morgan fingerprint density at radius 1 is 1.08 bits per heavy atom. The molecule has 1 saturated heterocycles. The second-order valence-electron chi connectivity index (χ2n) is 9.79. The SMILES string of the molecule is Cc1cc(Nc2nc3cccc(-c4ccc(CN5CCOCC5)c(C(F)(F)F)c4)c3o2)ccc1C(=O)N(C)C. The maximum Gasteiger partial charge on any atom is 0.416 e. The standard InChI is InChI=1S/C29H29F3N4O3/c1-18-15-21(9-10-22(18)27(37)35(2)3)33-28-34-25-6-4-5-23(26(25)39-28)19-7-8-20(24(16-19)29(30,31)32)17-36-11-13-38-14-12-36/h4-10,15-16H,11-14,17H2,1-3H3,(H,33,34). The number of rotatable bonds is 6. The molecule has 1 N–H and O–H groups in total. The molecule has 5 rings (SSSR count). The number of carbonyl (C=O) groups is 1. The van der Waals surface area contributed by atoms with Crippen LogP contribution in [0.3, 0.4) is 0 Å². The Balaban J connectivity index is 1.45. The van der Waals surface area contributed by atoms with Crippen LogP contribution in [0.15, 0.2) is 59.0 Å². The smallest absolute Gasteiger partial charge is 0.416 e. The number of para-hydroxylation sites is 1. The Hall–Kier alpha value is -3.89. The molecule has 1 fully saturated rings. The summed E-state index contributed by atoms with van der Waals surface area (Å²) in [5.41, 5.74) is 3.40. The summed E-state index contributed by atoms with van der Waals surface area (Å²) in [5.74, 6) is -0.0975. The van der Waals surface area contributed by atoms with Crippen molar-refractivity contribution >= 4 is 28.7 Å². The number of oxazole rings is 1. The zero-order chi connectivity index (χ0) is 27.7. The summed E-state index contributed by atoms with van der Waals surface area (Å²) in [4.78, 5) is 20.3. The largest absolute Gasteiger partial charge is 0.423 e. The fourth-order valence-electron chi connectivity index (χ4n) is 4.72. The predicted molar refractivity (Wildman–Crippen MR) is 143 cm³/mol. The Labute approximate surface area is 224 Å². The van der Waals surface area contributed by atoms with Crippen molar-refractivity contribution in [2.75, 3.05) is 45.7 Å². The van der Waals surface area contributed by atoms with Gasteiger partial charge in [0.2, 0.25) is 0 Å². The minimum atomic E-state index is -4.50. The zero-order valence-electron chi connectivity index (χ0n) is 21.9. The molecule has 0 spiro atoms. The summed E-state index contributed by atoms with van der Waals surface area (Å²) >= 11 is 0. The average molecular weight is 539 g/mol. The van der Waals surface area contributed by atoms with Gasteiger partial charge in [0.1, 0.15) is 5.52 Å². The van der Waals surface area contributed by atoms with Crippen molar-refractivity contribution in [2.45, 2.75) is 19.6 Å². The van der Waals surface area contributed by atoms with Crippen molar-refractivity contribution in [2.24, 2.45) is 0 Å². The molecule has 4 aromatic rings. The number of nitrogens with zero attached hydrogens (tertiary/aromatic N) is 3. The van der Waals surface area contributed by atoms with E-state index in [1.807, 2.05) is 17.9 Å². The molecule has 0 saturated carbocycles. The summed E-state index contributed by atoms with van der Waals surface area (Å²) in [6, 6.07) is 15.1. The quantitative estimate of drug-likeness (QED) is 0.320. The lowest BCUT2D eigenvalue weighted by molar-refractivity contribution is -0.138. The van der Waals surface area contributed by atoms with E-state index in [0.717, 1.165) is 5.56 Å². The molecular formula is C29H29F3N4O3. The van der Waals surface area contributed by atoms with Crippen molar-refractivity contribution < 1.29 is 27.1 Å². The number of benzene rings is 3. The van der Waals surface area contributed by atoms with Crippen LogP contribution in [-0.4, -0.2) is 61.1 Å². The van der Waals surface area contributed by atoms with Gasteiger partial charge in [0.05, 0.1) is 18.8 Å². The molecule has 0 atom stereocenters. The normalized spacial score (nSPS) is 14.5. The first-order valence-corrected chi connectivity index (χ1v) is 12.6. The van der Waals surface area contributed by atoms with E-state index in [2.05, 4.69) is 10.3 Å². The molecule has 3 aromatic carbocycles. The number of halogens is 3. The highest BCUT2D eigenvalue weighted by atomic mass is 19.4. The Morgan fingerprint density at radius 3 is 2.54 bits per heavy atom. The zero-order valence-corrected chi connectivity index (χ0v) is 21.9. The van der Waals surface area contributed by atoms with Crippen molar-refractivity contribution in [3.05, 3.63) is 76.9 Å². The highest BCUT2D eigenvalue weighted by Crippen LogP contribution is 2.38. The molecule has 10 heteroatoms. The molecule has 2 heterocycles. The Kier molecular flexibility index (Phi) is 7.33. The summed E-state index contributed by atoms with van der Waals surface area (Å²) in [7, 11) is 3.39. The summed E-state index contributed by atoms with van der Waals surface area (Å²) in [5, 5.41) is 3.10. The predicted octanol–water partition coefficient (Wildman–Crippen LogP) is 6.10. The van der Waals surface area contributed by atoms with Crippen molar-refractivity contribution in [1.29, 1.82) is 0 Å². The Morgan fingerprint density at radius 2 is 1.85 bits per heavy atom. The molecule has 0 radical (unpaired) electrons. The summed E-state index contributed by atoms with van der Waals surface area (Å²) < 4.78 is 53.6. The van der Waals surface area contributed by atoms with E-state index < -0.39 is 11.7 Å². The maximum atomic E-state index is 14.1. The van der Waals surface area contributed by atoms with Gasteiger partial charge in [-0.1, -0.05) is 24.3 Å². The fraction of sp³-hybridized carbons (Fsp3) is 0.310. The molecule has 1 aromatic heterocycles. The lowest BCUT2D eigenvalue weighted by Crippen LogP contribution is -2.36. The first kappa shape index (κ1) is 26.7. The van der Waals surface area contributed by atoms with Crippen molar-refractivity contribution in [1.82, 2.24) is 14.8 Å². The minimum absolute atomic E-state index is 0.0975. The number of nitrogens with one attached hydrogen (secondary N) is 1. The lowest BCUT2D eigenvalue weighted by Gasteiger charge is -2.27. The topological polar surface area (TPSA) is 70.8 Å². The van der Waals surface area contributed by atoms with Gasteiger partial charge in [-0.3, -0.25) is 9.69 Å². The van der Waals surface area contributed by atoms with Gasteiger partial charge < -0.3 is 19.4 Å². The van der Waals surface area contributed by atoms with Gasteiger partial charge in [-0.2, -0.15) is 18.2 Å². The first-order chi connectivity index (χ1) is 18.6. The highest BCUT2D eigenvalue weighted by molar-refractivity contribution is 5.96. The van der Waals surface area contributed by atoms with E-state index in [-0.39, 0.29) is 24.0 Å². The molecule has 7 nitrogen and oxygen atoms in total. The van der Waals surface area contributed by atoms with E-state index in [9.17, 15) is 18.0 Å². The van der Waals surface area contributed by atoms with Crippen LogP contribution in [-0.2, 0) is 17.5 Å². The number of aryl methyl sites for hydroxylation is 1. The van der Waals surface area contributed by atoms with Gasteiger partial charge in [-0.25, -0.2) is 0 Å². The van der Waals surface area contributed by atoms with Crippen LogP contribution >= 0.6 is 0 Å². The number of fused-ring (bicyclic) bond motifs is 1. The van der Waals surface area contributed by atoms with E-state index in [1.54, 1.807) is 56.6 Å². The van der Waals surface area contributed by atoms with Crippen LogP contribution < -0.4 is 5.32 Å². The lowest BCUT2D eigenvalue weighted by atomic mass is 9.97. The van der Waals surface area contributed by atoms with Crippen LogP contribution in [0.25, 0.3) is 22.2 Å². The third-order valence-electron chi connectivity index (χ3n) is 6.75. The van der Waals surface area contributed by atoms with Gasteiger partial charge in [-0.05, 0) is 53.9 Å². The van der Waals surface area contributed by atoms with Crippen LogP contribution in [0, 0.1) is 6.92 Å². The molecule has 39 heavy (non-hydrogen) atoms. The van der Waals surface area contributed by atoms with Gasteiger partial charge in [-0.15, -0.1) is 0 Å². The summed E-state index contributed by atoms with van der Waals surface area (Å²) in [6.45, 7) is 4.27. The number of anilines is 2. The number of alkyl halides is 3. The van der Waals surface area contributed by atoms with Crippen LogP contribution in [0.5, 0.6) is 0 Å². The molecule has 1 aliphatic heterocycles. The third kappa shape index (κ3) is 5.76. The van der Waals surface area contributed by atoms with Gasteiger partial charge in [0, 0.05) is 50.5 Å². The third-order valence-corrected chi connectivity index (χ3v) is 6.75. The van der Waals surface area contributed by atoms with Crippen molar-refractivity contribution in [3.8, 4) is 11.1 Å². The van der Waals surface area contributed by atoms with E-state index in [1.165, 1.54) is 11.0 Å². The van der Waals surface area contributed by atoms with Crippen LogP contribution in [0.2, 0.25) is 0 Å². The molecule has 0 bridgehead atoms. The van der Waals surface area contributed by atoms with Gasteiger partial charge in [0.25, 0.3) is 11.9 Å². The highest BCUT2D eigenvalue weighted by Gasteiger charge is 2.34. The van der Waals surface area contributed by atoms with E-state index >= 15 is 0 Å². The summed E-state index contributed by atoms with van der Waals surface area (Å²) in [6.07, 6.45) is -4.50. The molecule has 204 valence electrons. The van der Waals surface area contributed by atoms with Crippen LogP contribution in [0.4, 0.5) is 24.9 Å². The van der Waals surface area contributed by atoms with Gasteiger partial charge in [0.15, 0.2) is 5.58 Å². The number of carbonyl (C=O) groups excluding carboxylic acids is 1. The number of hydrogen-bond acceptors (Lipinski definition) is 6. The van der Waals surface area contributed by atoms with Gasteiger partial charge >= 0.3 is 6.18 Å². The monoisotopic (exact) mass is 538 g/mol. The molecular weight excluding hydrogens is 509 g/mol. The van der Waals surface area contributed by atoms with E-state index in [0.29, 0.717) is 59.8 Å². The van der Waals surface area contributed by atoms with Crippen molar-refractivity contribution in [3.63, 3.8) is 0 Å². The number of ether oxygens (including phenoxy) is 1. The number of aromatic nitrogens is 1. The molecule has 0 aliphatic carbocycles. The molecule has 1 amide bonds.